The molecule has 0 atom stereocenters. The standard InChI is InChI=1S/C15H10FN3OS/c16-11-6-4-10(5-7-11)13-9-21-15(18-13)19-14(20)12-3-1-2-8-17-12/h1-9H,(H,18,19,20). The van der Waals surface area contributed by atoms with Crippen LogP contribution in [-0.4, -0.2) is 15.9 Å². The predicted octanol–water partition coefficient (Wildman–Crippen LogP) is 3.60. The molecule has 0 radical (unpaired) electrons. The highest BCUT2D eigenvalue weighted by Gasteiger charge is 2.10. The number of pyridine rings is 1. The molecule has 1 amide bonds. The fourth-order valence-corrected chi connectivity index (χ4v) is 2.46. The molecule has 0 saturated carbocycles. The Hall–Kier alpha value is -2.60. The molecule has 0 unspecified atom stereocenters. The molecule has 1 aromatic carbocycles. The van der Waals surface area contributed by atoms with Gasteiger partial charge in [0, 0.05) is 17.1 Å². The Morgan fingerprint density at radius 1 is 1.14 bits per heavy atom. The molecule has 0 fully saturated rings. The monoisotopic (exact) mass is 299 g/mol. The van der Waals surface area contributed by atoms with Crippen molar-refractivity contribution < 1.29 is 9.18 Å². The van der Waals surface area contributed by atoms with Crippen molar-refractivity contribution >= 4 is 22.4 Å². The fourth-order valence-electron chi connectivity index (χ4n) is 1.74. The number of nitrogens with one attached hydrogen (secondary N) is 1. The molecule has 104 valence electrons. The van der Waals surface area contributed by atoms with E-state index in [1.807, 2.05) is 0 Å². The number of benzene rings is 1. The molecule has 21 heavy (non-hydrogen) atoms. The van der Waals surface area contributed by atoms with Crippen molar-refractivity contribution in [3.63, 3.8) is 0 Å². The van der Waals surface area contributed by atoms with Gasteiger partial charge in [-0.2, -0.15) is 0 Å². The Morgan fingerprint density at radius 2 is 1.95 bits per heavy atom. The largest absolute Gasteiger partial charge is 0.296 e. The van der Waals surface area contributed by atoms with Gasteiger partial charge in [0.15, 0.2) is 5.13 Å². The van der Waals surface area contributed by atoms with Crippen molar-refractivity contribution in [2.24, 2.45) is 0 Å². The van der Waals surface area contributed by atoms with Gasteiger partial charge in [0.2, 0.25) is 0 Å². The molecule has 3 rings (SSSR count). The van der Waals surface area contributed by atoms with Crippen LogP contribution >= 0.6 is 11.3 Å². The van der Waals surface area contributed by atoms with Gasteiger partial charge in [-0.1, -0.05) is 6.07 Å². The first-order valence-corrected chi connectivity index (χ1v) is 7.04. The van der Waals surface area contributed by atoms with E-state index in [0.717, 1.165) is 5.56 Å². The molecule has 0 aliphatic rings. The molecule has 6 heteroatoms. The minimum Gasteiger partial charge on any atom is -0.296 e. The summed E-state index contributed by atoms with van der Waals surface area (Å²) < 4.78 is 12.9. The van der Waals surface area contributed by atoms with Crippen LogP contribution in [0, 0.1) is 5.82 Å². The third-order valence-corrected chi connectivity index (χ3v) is 3.52. The lowest BCUT2D eigenvalue weighted by molar-refractivity contribution is 0.102. The Bertz CT molecular complexity index is 756. The summed E-state index contributed by atoms with van der Waals surface area (Å²) in [5.41, 5.74) is 1.82. The number of carbonyl (C=O) groups is 1. The Balaban J connectivity index is 1.76. The Kier molecular flexibility index (Phi) is 3.70. The number of anilines is 1. The highest BCUT2D eigenvalue weighted by atomic mass is 32.1. The molecule has 0 aliphatic heterocycles. The molecule has 2 aromatic heterocycles. The topological polar surface area (TPSA) is 54.9 Å². The number of rotatable bonds is 3. The summed E-state index contributed by atoms with van der Waals surface area (Å²) in [4.78, 5) is 20.2. The second-order valence-corrected chi connectivity index (χ2v) is 5.07. The van der Waals surface area contributed by atoms with E-state index in [2.05, 4.69) is 15.3 Å². The van der Waals surface area contributed by atoms with E-state index in [0.29, 0.717) is 16.5 Å². The van der Waals surface area contributed by atoms with Crippen LogP contribution in [0.15, 0.2) is 54.0 Å². The van der Waals surface area contributed by atoms with E-state index in [1.54, 1.807) is 41.9 Å². The highest BCUT2D eigenvalue weighted by molar-refractivity contribution is 7.14. The van der Waals surface area contributed by atoms with E-state index >= 15 is 0 Å². The summed E-state index contributed by atoms with van der Waals surface area (Å²) in [5, 5.41) is 4.98. The van der Waals surface area contributed by atoms with Crippen LogP contribution < -0.4 is 5.32 Å². The minimum absolute atomic E-state index is 0.294. The Morgan fingerprint density at radius 3 is 2.67 bits per heavy atom. The molecule has 0 aliphatic carbocycles. The second kappa shape index (κ2) is 5.80. The van der Waals surface area contributed by atoms with E-state index < -0.39 is 0 Å². The molecule has 1 N–H and O–H groups in total. The number of aromatic nitrogens is 2. The predicted molar refractivity (Wildman–Crippen MR) is 79.7 cm³/mol. The van der Waals surface area contributed by atoms with Crippen molar-refractivity contribution in [2.75, 3.05) is 5.32 Å². The zero-order valence-corrected chi connectivity index (χ0v) is 11.6. The first kappa shape index (κ1) is 13.4. The van der Waals surface area contributed by atoms with Crippen molar-refractivity contribution in [3.8, 4) is 11.3 Å². The SMILES string of the molecule is O=C(Nc1nc(-c2ccc(F)cc2)cs1)c1ccccn1. The van der Waals surface area contributed by atoms with Gasteiger partial charge < -0.3 is 0 Å². The fraction of sp³-hybridized carbons (Fsp3) is 0. The number of carbonyl (C=O) groups excluding carboxylic acids is 1. The van der Waals surface area contributed by atoms with Crippen molar-refractivity contribution in [1.29, 1.82) is 0 Å². The molecule has 0 saturated heterocycles. The van der Waals surface area contributed by atoms with Gasteiger partial charge in [0.25, 0.3) is 5.91 Å². The van der Waals surface area contributed by atoms with Crippen molar-refractivity contribution in [3.05, 3.63) is 65.6 Å². The van der Waals surface area contributed by atoms with Gasteiger partial charge in [-0.3, -0.25) is 15.1 Å². The van der Waals surface area contributed by atoms with Gasteiger partial charge in [-0.15, -0.1) is 11.3 Å². The maximum absolute atomic E-state index is 12.9. The quantitative estimate of drug-likeness (QED) is 0.804. The van der Waals surface area contributed by atoms with E-state index in [4.69, 9.17) is 0 Å². The lowest BCUT2D eigenvalue weighted by Gasteiger charge is -2.00. The zero-order valence-electron chi connectivity index (χ0n) is 10.8. The van der Waals surface area contributed by atoms with Gasteiger partial charge >= 0.3 is 0 Å². The maximum Gasteiger partial charge on any atom is 0.276 e. The number of hydrogen-bond donors (Lipinski definition) is 1. The highest BCUT2D eigenvalue weighted by Crippen LogP contribution is 2.25. The molecular formula is C15H10FN3OS. The summed E-state index contributed by atoms with van der Waals surface area (Å²) in [6.45, 7) is 0. The van der Waals surface area contributed by atoms with E-state index in [-0.39, 0.29) is 11.7 Å². The van der Waals surface area contributed by atoms with E-state index in [1.165, 1.54) is 23.5 Å². The minimum atomic E-state index is -0.310. The molecular weight excluding hydrogens is 289 g/mol. The molecule has 3 aromatic rings. The summed E-state index contributed by atoms with van der Waals surface area (Å²) in [6.07, 6.45) is 1.56. The number of thiazole rings is 1. The van der Waals surface area contributed by atoms with Crippen LogP contribution in [0.25, 0.3) is 11.3 Å². The van der Waals surface area contributed by atoms with Gasteiger partial charge in [0.1, 0.15) is 11.5 Å². The smallest absolute Gasteiger partial charge is 0.276 e. The number of hydrogen-bond acceptors (Lipinski definition) is 4. The summed E-state index contributed by atoms with van der Waals surface area (Å²) in [5.74, 6) is -0.603. The normalized spacial score (nSPS) is 10.3. The first-order valence-electron chi connectivity index (χ1n) is 6.16. The third kappa shape index (κ3) is 3.11. The van der Waals surface area contributed by atoms with Crippen LogP contribution in [-0.2, 0) is 0 Å². The molecule has 0 spiro atoms. The van der Waals surface area contributed by atoms with Crippen LogP contribution in [0.3, 0.4) is 0 Å². The van der Waals surface area contributed by atoms with Crippen LogP contribution in [0.5, 0.6) is 0 Å². The first-order chi connectivity index (χ1) is 10.2. The van der Waals surface area contributed by atoms with Gasteiger partial charge in [-0.05, 0) is 36.4 Å². The van der Waals surface area contributed by atoms with Gasteiger partial charge in [-0.25, -0.2) is 9.37 Å². The summed E-state index contributed by atoms with van der Waals surface area (Å²) in [6, 6.07) is 11.2. The molecule has 2 heterocycles. The van der Waals surface area contributed by atoms with Crippen molar-refractivity contribution in [2.45, 2.75) is 0 Å². The number of amides is 1. The third-order valence-electron chi connectivity index (χ3n) is 2.76. The average molecular weight is 299 g/mol. The summed E-state index contributed by atoms with van der Waals surface area (Å²) in [7, 11) is 0. The maximum atomic E-state index is 12.9. The lowest BCUT2D eigenvalue weighted by atomic mass is 10.2. The molecule has 0 bridgehead atoms. The molecule has 4 nitrogen and oxygen atoms in total. The zero-order chi connectivity index (χ0) is 14.7. The number of halogens is 1. The summed E-state index contributed by atoms with van der Waals surface area (Å²) >= 11 is 1.31. The average Bonchev–Trinajstić information content (AvgIpc) is 2.97. The van der Waals surface area contributed by atoms with Crippen LogP contribution in [0.4, 0.5) is 9.52 Å². The van der Waals surface area contributed by atoms with Gasteiger partial charge in [0.05, 0.1) is 5.69 Å². The van der Waals surface area contributed by atoms with Crippen molar-refractivity contribution in [1.82, 2.24) is 9.97 Å². The second-order valence-electron chi connectivity index (χ2n) is 4.21. The Labute approximate surface area is 124 Å². The lowest BCUT2D eigenvalue weighted by Crippen LogP contribution is -2.13. The number of nitrogens with zero attached hydrogens (tertiary/aromatic N) is 2. The van der Waals surface area contributed by atoms with E-state index in [9.17, 15) is 9.18 Å². The van der Waals surface area contributed by atoms with Crippen LogP contribution in [0.2, 0.25) is 0 Å². The van der Waals surface area contributed by atoms with Crippen LogP contribution in [0.1, 0.15) is 10.5 Å².